The Kier molecular flexibility index (Phi) is 5.89. The second-order valence-corrected chi connectivity index (χ2v) is 5.68. The van der Waals surface area contributed by atoms with Crippen LogP contribution in [0.1, 0.15) is 21.7 Å². The molecule has 2 aromatic carbocycles. The predicted molar refractivity (Wildman–Crippen MR) is 103 cm³/mol. The molecule has 0 spiro atoms. The van der Waals surface area contributed by atoms with E-state index in [2.05, 4.69) is 10.5 Å². The minimum atomic E-state index is -0.366. The summed E-state index contributed by atoms with van der Waals surface area (Å²) in [5.74, 6) is 1.76. The molecule has 3 aromatic rings. The summed E-state index contributed by atoms with van der Waals surface area (Å²) in [6.45, 7) is 0.545. The van der Waals surface area contributed by atoms with Crippen LogP contribution in [0.3, 0.4) is 0 Å². The zero-order chi connectivity index (χ0) is 19.1. The van der Waals surface area contributed by atoms with Crippen LogP contribution in [0.5, 0.6) is 5.75 Å². The van der Waals surface area contributed by atoms with Gasteiger partial charge < -0.3 is 19.3 Å². The number of carbonyl (C=O) groups excluding carboxylic acids is 1. The Balaban J connectivity index is 1.60. The zero-order valence-electron chi connectivity index (χ0n) is 15.1. The monoisotopic (exact) mass is 364 g/mol. The van der Waals surface area contributed by atoms with E-state index in [9.17, 15) is 4.79 Å². The van der Waals surface area contributed by atoms with Crippen LogP contribution in [0, 0.1) is 0 Å². The molecular formula is C21H20N2O4. The minimum Gasteiger partial charge on any atom is -0.496 e. The molecule has 6 nitrogen and oxygen atoms in total. The van der Waals surface area contributed by atoms with Gasteiger partial charge in [0.15, 0.2) is 0 Å². The highest BCUT2D eigenvalue weighted by Crippen LogP contribution is 2.22. The summed E-state index contributed by atoms with van der Waals surface area (Å²) < 4.78 is 15.8. The summed E-state index contributed by atoms with van der Waals surface area (Å²) >= 11 is 0. The molecule has 0 bridgehead atoms. The molecule has 3 rings (SSSR count). The highest BCUT2D eigenvalue weighted by atomic mass is 16.5. The fourth-order valence-electron chi connectivity index (χ4n) is 2.55. The molecule has 0 saturated carbocycles. The number of benzene rings is 2. The first kappa shape index (κ1) is 18.3. The van der Waals surface area contributed by atoms with Crippen LogP contribution >= 0.6 is 0 Å². The quantitative estimate of drug-likeness (QED) is 0.391. The molecule has 0 unspecified atom stereocenters. The first-order chi connectivity index (χ1) is 13.2. The Bertz CT molecular complexity index is 929. The molecule has 1 heterocycles. The highest BCUT2D eigenvalue weighted by molar-refractivity contribution is 5.89. The van der Waals surface area contributed by atoms with Crippen molar-refractivity contribution in [3.8, 4) is 17.1 Å². The molecule has 0 atom stereocenters. The van der Waals surface area contributed by atoms with Gasteiger partial charge in [0, 0.05) is 11.1 Å². The third-order valence-corrected chi connectivity index (χ3v) is 3.96. The van der Waals surface area contributed by atoms with E-state index in [1.165, 1.54) is 7.11 Å². The summed E-state index contributed by atoms with van der Waals surface area (Å²) in [4.78, 5) is 11.5. The van der Waals surface area contributed by atoms with Gasteiger partial charge in [-0.15, -0.1) is 0 Å². The van der Waals surface area contributed by atoms with E-state index in [-0.39, 0.29) is 5.97 Å². The van der Waals surface area contributed by atoms with E-state index in [1.807, 2.05) is 48.5 Å². The van der Waals surface area contributed by atoms with E-state index in [0.29, 0.717) is 23.6 Å². The van der Waals surface area contributed by atoms with Gasteiger partial charge >= 0.3 is 5.97 Å². The van der Waals surface area contributed by atoms with Crippen molar-refractivity contribution in [3.05, 3.63) is 77.6 Å². The van der Waals surface area contributed by atoms with Crippen LogP contribution in [0.15, 0.2) is 70.2 Å². The molecule has 0 amide bonds. The number of ether oxygens (including phenoxy) is 2. The maximum absolute atomic E-state index is 11.5. The Labute approximate surface area is 157 Å². The Morgan fingerprint density at radius 3 is 2.59 bits per heavy atom. The summed E-state index contributed by atoms with van der Waals surface area (Å²) in [7, 11) is 3.00. The first-order valence-corrected chi connectivity index (χ1v) is 8.37. The highest BCUT2D eigenvalue weighted by Gasteiger charge is 2.07. The molecule has 0 aliphatic rings. The number of para-hydroxylation sites is 1. The third-order valence-electron chi connectivity index (χ3n) is 3.96. The number of hydrazone groups is 1. The van der Waals surface area contributed by atoms with Crippen molar-refractivity contribution in [2.24, 2.45) is 5.10 Å². The summed E-state index contributed by atoms with van der Waals surface area (Å²) in [6, 6.07) is 18.5. The predicted octanol–water partition coefficient (Wildman–Crippen LogP) is 3.87. The van der Waals surface area contributed by atoms with Gasteiger partial charge in [-0.05, 0) is 30.3 Å². The van der Waals surface area contributed by atoms with Gasteiger partial charge in [-0.25, -0.2) is 4.79 Å². The number of hydrogen-bond donors (Lipinski definition) is 1. The van der Waals surface area contributed by atoms with Gasteiger partial charge in [0.1, 0.15) is 17.3 Å². The number of rotatable bonds is 7. The number of methoxy groups -OCH3 is 2. The van der Waals surface area contributed by atoms with Gasteiger partial charge in [-0.2, -0.15) is 5.10 Å². The lowest BCUT2D eigenvalue weighted by Crippen LogP contribution is -2.06. The molecule has 0 aliphatic heterocycles. The number of carbonyl (C=O) groups is 1. The number of nitrogens with one attached hydrogen (secondary N) is 1. The van der Waals surface area contributed by atoms with Crippen molar-refractivity contribution in [1.82, 2.24) is 5.43 Å². The maximum Gasteiger partial charge on any atom is 0.337 e. The molecule has 138 valence electrons. The number of esters is 1. The SMILES string of the molecule is COC(=O)c1ccc(-c2ccc(/C=N/NCc3ccccc3OC)o2)cc1. The van der Waals surface area contributed by atoms with Crippen molar-refractivity contribution in [2.45, 2.75) is 6.54 Å². The molecule has 6 heteroatoms. The lowest BCUT2D eigenvalue weighted by molar-refractivity contribution is 0.0600. The van der Waals surface area contributed by atoms with Crippen LogP contribution < -0.4 is 10.2 Å². The lowest BCUT2D eigenvalue weighted by atomic mass is 10.1. The van der Waals surface area contributed by atoms with E-state index in [1.54, 1.807) is 25.5 Å². The molecule has 1 N–H and O–H groups in total. The molecule has 0 aliphatic carbocycles. The normalized spacial score (nSPS) is 10.7. The minimum absolute atomic E-state index is 0.366. The van der Waals surface area contributed by atoms with Crippen molar-refractivity contribution in [2.75, 3.05) is 14.2 Å². The molecule has 0 radical (unpaired) electrons. The fraction of sp³-hybridized carbons (Fsp3) is 0.143. The Morgan fingerprint density at radius 2 is 1.85 bits per heavy atom. The van der Waals surface area contributed by atoms with Gasteiger partial charge in [0.2, 0.25) is 0 Å². The zero-order valence-corrected chi connectivity index (χ0v) is 15.1. The Morgan fingerprint density at radius 1 is 1.07 bits per heavy atom. The van der Waals surface area contributed by atoms with Crippen LogP contribution in [0.25, 0.3) is 11.3 Å². The van der Waals surface area contributed by atoms with E-state index in [0.717, 1.165) is 16.9 Å². The van der Waals surface area contributed by atoms with Crippen molar-refractivity contribution >= 4 is 12.2 Å². The summed E-state index contributed by atoms with van der Waals surface area (Å²) in [5, 5.41) is 4.18. The third kappa shape index (κ3) is 4.55. The van der Waals surface area contributed by atoms with E-state index < -0.39 is 0 Å². The summed E-state index contributed by atoms with van der Waals surface area (Å²) in [5.41, 5.74) is 5.36. The standard InChI is InChI=1S/C21H20N2O4/c1-25-19-6-4-3-5-17(19)13-22-23-14-18-11-12-20(27-18)15-7-9-16(10-8-15)21(24)26-2/h3-12,14,22H,13H2,1-2H3/b23-14+. The number of furan rings is 1. The maximum atomic E-state index is 11.5. The van der Waals surface area contributed by atoms with Crippen LogP contribution in [-0.2, 0) is 11.3 Å². The van der Waals surface area contributed by atoms with Gasteiger partial charge in [0.05, 0.1) is 32.5 Å². The van der Waals surface area contributed by atoms with Crippen LogP contribution in [-0.4, -0.2) is 26.4 Å². The average Bonchev–Trinajstić information content (AvgIpc) is 3.20. The summed E-state index contributed by atoms with van der Waals surface area (Å²) in [6.07, 6.45) is 1.61. The topological polar surface area (TPSA) is 73.1 Å². The van der Waals surface area contributed by atoms with Gasteiger partial charge in [0.25, 0.3) is 0 Å². The smallest absolute Gasteiger partial charge is 0.337 e. The average molecular weight is 364 g/mol. The number of hydrogen-bond acceptors (Lipinski definition) is 6. The van der Waals surface area contributed by atoms with Crippen molar-refractivity contribution < 1.29 is 18.7 Å². The van der Waals surface area contributed by atoms with Gasteiger partial charge in [-0.3, -0.25) is 0 Å². The molecule has 27 heavy (non-hydrogen) atoms. The molecule has 1 aromatic heterocycles. The second-order valence-electron chi connectivity index (χ2n) is 5.68. The van der Waals surface area contributed by atoms with Crippen LogP contribution in [0.2, 0.25) is 0 Å². The lowest BCUT2D eigenvalue weighted by Gasteiger charge is -2.06. The number of nitrogens with zero attached hydrogens (tertiary/aromatic N) is 1. The van der Waals surface area contributed by atoms with E-state index >= 15 is 0 Å². The largest absolute Gasteiger partial charge is 0.496 e. The van der Waals surface area contributed by atoms with Crippen molar-refractivity contribution in [1.29, 1.82) is 0 Å². The van der Waals surface area contributed by atoms with E-state index in [4.69, 9.17) is 13.9 Å². The molecular weight excluding hydrogens is 344 g/mol. The van der Waals surface area contributed by atoms with Crippen LogP contribution in [0.4, 0.5) is 0 Å². The van der Waals surface area contributed by atoms with Gasteiger partial charge in [-0.1, -0.05) is 30.3 Å². The second kappa shape index (κ2) is 8.71. The van der Waals surface area contributed by atoms with Crippen molar-refractivity contribution in [3.63, 3.8) is 0 Å². The first-order valence-electron chi connectivity index (χ1n) is 8.37. The molecule has 0 saturated heterocycles. The fourth-order valence-corrected chi connectivity index (χ4v) is 2.55. The molecule has 0 fully saturated rings. The Hall–Kier alpha value is -3.54.